The van der Waals surface area contributed by atoms with Crippen molar-refractivity contribution >= 4 is 10.8 Å². The molecule has 0 bridgehead atoms. The van der Waals surface area contributed by atoms with Crippen LogP contribution in [0.2, 0.25) is 0 Å². The minimum Gasteiger partial charge on any atom is -0.486 e. The SMILES string of the molecule is Cc1nc2c([nH]1)-c1ccc(-c3ccc4c5c(ccc4c3)-c3nc(C(C)C)[nH]c3CO5)cc1OC2. The number of hydrogen-bond acceptors (Lipinski definition) is 4. The Kier molecular flexibility index (Phi) is 3.98. The first-order valence-electron chi connectivity index (χ1n) is 11.7. The van der Waals surface area contributed by atoms with Gasteiger partial charge in [0.2, 0.25) is 0 Å². The Morgan fingerprint density at radius 1 is 0.853 bits per heavy atom. The van der Waals surface area contributed by atoms with Gasteiger partial charge in [0.05, 0.1) is 17.1 Å². The number of nitrogens with zero attached hydrogens (tertiary/aromatic N) is 2. The van der Waals surface area contributed by atoms with Gasteiger partial charge in [0.15, 0.2) is 0 Å². The third kappa shape index (κ3) is 2.81. The predicted octanol–water partition coefficient (Wildman–Crippen LogP) is 6.50. The van der Waals surface area contributed by atoms with Crippen molar-refractivity contribution in [3.8, 4) is 45.1 Å². The molecule has 0 unspecified atom stereocenters. The highest BCUT2D eigenvalue weighted by atomic mass is 16.5. The number of aryl methyl sites for hydroxylation is 1. The van der Waals surface area contributed by atoms with Gasteiger partial charge in [-0.2, -0.15) is 0 Å². The van der Waals surface area contributed by atoms with E-state index in [1.54, 1.807) is 0 Å². The lowest BCUT2D eigenvalue weighted by molar-refractivity contribution is 0.298. The standard InChI is InChI=1S/C28H24N4O2/c1-14(2)28-31-23-13-34-27-19-7-4-16(10-18(19)6-9-21(27)26(23)32-28)17-5-8-20-24(11-17)33-12-22-25(20)30-15(3)29-22/h4-11,14H,12-13H2,1-3H3,(H,29,30)(H,31,32). The molecule has 7 rings (SSSR count). The largest absolute Gasteiger partial charge is 0.486 e. The van der Waals surface area contributed by atoms with Gasteiger partial charge in [-0.3, -0.25) is 0 Å². The van der Waals surface area contributed by atoms with Crippen LogP contribution in [0.1, 0.15) is 42.8 Å². The molecule has 3 aromatic carbocycles. The van der Waals surface area contributed by atoms with E-state index in [1.165, 1.54) is 0 Å². The van der Waals surface area contributed by atoms with Gasteiger partial charge in [0.25, 0.3) is 0 Å². The molecule has 2 aliphatic heterocycles. The van der Waals surface area contributed by atoms with Crippen molar-refractivity contribution < 1.29 is 9.47 Å². The van der Waals surface area contributed by atoms with Gasteiger partial charge in [0, 0.05) is 22.4 Å². The van der Waals surface area contributed by atoms with E-state index in [1.807, 2.05) is 6.92 Å². The van der Waals surface area contributed by atoms with Crippen molar-refractivity contribution in [1.29, 1.82) is 0 Å². The molecule has 0 radical (unpaired) electrons. The van der Waals surface area contributed by atoms with E-state index < -0.39 is 0 Å². The highest BCUT2D eigenvalue weighted by Crippen LogP contribution is 2.43. The van der Waals surface area contributed by atoms with Gasteiger partial charge in [0.1, 0.15) is 42.1 Å². The van der Waals surface area contributed by atoms with Crippen molar-refractivity contribution in [1.82, 2.24) is 19.9 Å². The molecule has 2 aromatic heterocycles. The number of aromatic amines is 2. The van der Waals surface area contributed by atoms with Crippen LogP contribution >= 0.6 is 0 Å². The lowest BCUT2D eigenvalue weighted by Gasteiger charge is -2.20. The zero-order chi connectivity index (χ0) is 23.0. The van der Waals surface area contributed by atoms with Crippen molar-refractivity contribution in [2.24, 2.45) is 0 Å². The van der Waals surface area contributed by atoms with Crippen LogP contribution in [0, 0.1) is 6.92 Å². The molecule has 168 valence electrons. The minimum atomic E-state index is 0.349. The smallest absolute Gasteiger partial charge is 0.137 e. The van der Waals surface area contributed by atoms with E-state index >= 15 is 0 Å². The highest BCUT2D eigenvalue weighted by molar-refractivity contribution is 5.97. The first kappa shape index (κ1) is 19.4. The normalized spacial score (nSPS) is 13.6. The second kappa shape index (κ2) is 6.97. The fourth-order valence-electron chi connectivity index (χ4n) is 5.04. The zero-order valence-corrected chi connectivity index (χ0v) is 19.3. The Morgan fingerprint density at radius 2 is 1.68 bits per heavy atom. The molecule has 0 spiro atoms. The molecule has 4 heterocycles. The van der Waals surface area contributed by atoms with Crippen LogP contribution in [0.25, 0.3) is 44.4 Å². The summed E-state index contributed by atoms with van der Waals surface area (Å²) in [7, 11) is 0. The molecule has 0 saturated carbocycles. The summed E-state index contributed by atoms with van der Waals surface area (Å²) in [5.74, 6) is 4.06. The highest BCUT2D eigenvalue weighted by Gasteiger charge is 2.25. The van der Waals surface area contributed by atoms with Crippen molar-refractivity contribution in [2.45, 2.75) is 39.9 Å². The van der Waals surface area contributed by atoms with Gasteiger partial charge in [-0.25, -0.2) is 9.97 Å². The van der Waals surface area contributed by atoms with Crippen LogP contribution in [-0.4, -0.2) is 19.9 Å². The minimum absolute atomic E-state index is 0.349. The summed E-state index contributed by atoms with van der Waals surface area (Å²) in [6.07, 6.45) is 0. The van der Waals surface area contributed by atoms with E-state index in [0.29, 0.717) is 19.1 Å². The number of aromatic nitrogens is 4. The molecular formula is C28H24N4O2. The second-order valence-corrected chi connectivity index (χ2v) is 9.41. The number of H-pyrrole nitrogens is 2. The van der Waals surface area contributed by atoms with E-state index in [0.717, 1.165) is 78.9 Å². The summed E-state index contributed by atoms with van der Waals surface area (Å²) in [4.78, 5) is 16.2. The Labute approximate surface area is 197 Å². The summed E-state index contributed by atoms with van der Waals surface area (Å²) in [6.45, 7) is 7.27. The van der Waals surface area contributed by atoms with Crippen LogP contribution in [0.5, 0.6) is 11.5 Å². The molecule has 34 heavy (non-hydrogen) atoms. The number of nitrogens with one attached hydrogen (secondary N) is 2. The summed E-state index contributed by atoms with van der Waals surface area (Å²) >= 11 is 0. The maximum absolute atomic E-state index is 6.21. The quantitative estimate of drug-likeness (QED) is 0.323. The van der Waals surface area contributed by atoms with Gasteiger partial charge in [-0.1, -0.05) is 38.1 Å². The summed E-state index contributed by atoms with van der Waals surface area (Å²) in [5, 5.41) is 2.25. The summed E-state index contributed by atoms with van der Waals surface area (Å²) in [5.41, 5.74) is 8.47. The fourth-order valence-corrected chi connectivity index (χ4v) is 5.04. The lowest BCUT2D eigenvalue weighted by atomic mass is 9.95. The topological polar surface area (TPSA) is 75.8 Å². The second-order valence-electron chi connectivity index (χ2n) is 9.41. The van der Waals surface area contributed by atoms with E-state index in [4.69, 9.17) is 14.5 Å². The molecule has 5 aromatic rings. The Balaban J connectivity index is 1.29. The Bertz CT molecular complexity index is 1610. The van der Waals surface area contributed by atoms with Gasteiger partial charge >= 0.3 is 0 Å². The van der Waals surface area contributed by atoms with Crippen LogP contribution in [0.4, 0.5) is 0 Å². The average molecular weight is 449 g/mol. The van der Waals surface area contributed by atoms with Crippen LogP contribution in [0.15, 0.2) is 48.5 Å². The van der Waals surface area contributed by atoms with Crippen LogP contribution < -0.4 is 9.47 Å². The number of hydrogen-bond donors (Lipinski definition) is 2. The molecule has 0 amide bonds. The maximum atomic E-state index is 6.21. The zero-order valence-electron chi connectivity index (χ0n) is 19.3. The number of ether oxygens (including phenoxy) is 2. The van der Waals surface area contributed by atoms with Gasteiger partial charge in [-0.15, -0.1) is 0 Å². The molecule has 2 aliphatic rings. The Morgan fingerprint density at radius 3 is 2.56 bits per heavy atom. The maximum Gasteiger partial charge on any atom is 0.137 e. The molecule has 0 saturated heterocycles. The van der Waals surface area contributed by atoms with Gasteiger partial charge < -0.3 is 19.4 Å². The summed E-state index contributed by atoms with van der Waals surface area (Å²) < 4.78 is 12.2. The third-order valence-corrected chi connectivity index (χ3v) is 6.78. The predicted molar refractivity (Wildman–Crippen MR) is 132 cm³/mol. The molecule has 0 aliphatic carbocycles. The molecule has 6 heteroatoms. The number of rotatable bonds is 2. The van der Waals surface area contributed by atoms with Crippen molar-refractivity contribution in [3.63, 3.8) is 0 Å². The third-order valence-electron chi connectivity index (χ3n) is 6.78. The van der Waals surface area contributed by atoms with E-state index in [2.05, 4.69) is 77.3 Å². The molecule has 2 N–H and O–H groups in total. The van der Waals surface area contributed by atoms with Gasteiger partial charge in [-0.05, 0) is 47.7 Å². The first-order valence-corrected chi connectivity index (χ1v) is 11.7. The number of benzene rings is 3. The van der Waals surface area contributed by atoms with E-state index in [9.17, 15) is 0 Å². The van der Waals surface area contributed by atoms with Crippen molar-refractivity contribution in [3.05, 3.63) is 71.6 Å². The fraction of sp³-hybridized carbons (Fsp3) is 0.214. The first-order chi connectivity index (χ1) is 16.5. The monoisotopic (exact) mass is 448 g/mol. The van der Waals surface area contributed by atoms with E-state index in [-0.39, 0.29) is 0 Å². The van der Waals surface area contributed by atoms with Crippen LogP contribution in [0.3, 0.4) is 0 Å². The molecule has 0 fully saturated rings. The Hall–Kier alpha value is -4.06. The average Bonchev–Trinajstić information content (AvgIpc) is 3.46. The summed E-state index contributed by atoms with van der Waals surface area (Å²) in [6, 6.07) is 17.2. The molecule has 6 nitrogen and oxygen atoms in total. The lowest BCUT2D eigenvalue weighted by Crippen LogP contribution is -2.05. The van der Waals surface area contributed by atoms with Crippen LogP contribution in [-0.2, 0) is 13.2 Å². The molecule has 0 atom stereocenters. The van der Waals surface area contributed by atoms with Crippen molar-refractivity contribution in [2.75, 3.05) is 0 Å². The molecular weight excluding hydrogens is 424 g/mol. The number of imidazole rings is 2. The number of fused-ring (bicyclic) bond motifs is 8.